The lowest BCUT2D eigenvalue weighted by Gasteiger charge is -2.32. The SMILES string of the molecule is O=C([O-])CC1(O)CCCCC1. The number of hydrogen-bond acceptors (Lipinski definition) is 3. The van der Waals surface area contributed by atoms with Gasteiger partial charge >= 0.3 is 0 Å². The summed E-state index contributed by atoms with van der Waals surface area (Å²) >= 11 is 0. The average molecular weight is 157 g/mol. The van der Waals surface area contributed by atoms with Gasteiger partial charge in [-0.3, -0.25) is 0 Å². The van der Waals surface area contributed by atoms with Gasteiger partial charge in [0.1, 0.15) is 0 Å². The summed E-state index contributed by atoms with van der Waals surface area (Å²) in [7, 11) is 0. The van der Waals surface area contributed by atoms with E-state index in [4.69, 9.17) is 0 Å². The molecule has 3 heteroatoms. The van der Waals surface area contributed by atoms with E-state index in [0.29, 0.717) is 12.8 Å². The number of carbonyl (C=O) groups excluding carboxylic acids is 1. The van der Waals surface area contributed by atoms with Crippen LogP contribution in [0.1, 0.15) is 38.5 Å². The Morgan fingerprint density at radius 3 is 2.36 bits per heavy atom. The number of aliphatic carboxylic acids is 1. The first-order valence-electron chi connectivity index (χ1n) is 4.05. The first-order valence-corrected chi connectivity index (χ1v) is 4.05. The maximum atomic E-state index is 10.2. The summed E-state index contributed by atoms with van der Waals surface area (Å²) < 4.78 is 0. The van der Waals surface area contributed by atoms with E-state index in [0.717, 1.165) is 19.3 Å². The number of rotatable bonds is 2. The van der Waals surface area contributed by atoms with E-state index in [-0.39, 0.29) is 6.42 Å². The molecule has 0 aliphatic heterocycles. The normalized spacial score (nSPS) is 23.0. The van der Waals surface area contributed by atoms with E-state index in [1.807, 2.05) is 0 Å². The number of aliphatic hydroxyl groups is 1. The zero-order valence-corrected chi connectivity index (χ0v) is 6.51. The van der Waals surface area contributed by atoms with E-state index in [1.165, 1.54) is 0 Å². The summed E-state index contributed by atoms with van der Waals surface area (Å²) in [5.74, 6) is -1.14. The van der Waals surface area contributed by atoms with Crippen molar-refractivity contribution in [3.8, 4) is 0 Å². The molecule has 0 unspecified atom stereocenters. The van der Waals surface area contributed by atoms with Crippen molar-refractivity contribution in [3.05, 3.63) is 0 Å². The highest BCUT2D eigenvalue weighted by Crippen LogP contribution is 2.30. The van der Waals surface area contributed by atoms with Gasteiger partial charge in [-0.05, 0) is 12.8 Å². The van der Waals surface area contributed by atoms with Crippen molar-refractivity contribution in [3.63, 3.8) is 0 Å². The van der Waals surface area contributed by atoms with Gasteiger partial charge in [0.25, 0.3) is 0 Å². The second kappa shape index (κ2) is 3.22. The zero-order chi connectivity index (χ0) is 8.32. The summed E-state index contributed by atoms with van der Waals surface area (Å²) in [4.78, 5) is 10.2. The predicted molar refractivity (Wildman–Crippen MR) is 37.7 cm³/mol. The molecule has 0 bridgehead atoms. The van der Waals surface area contributed by atoms with Gasteiger partial charge in [-0.15, -0.1) is 0 Å². The van der Waals surface area contributed by atoms with E-state index >= 15 is 0 Å². The van der Waals surface area contributed by atoms with Crippen molar-refractivity contribution in [1.29, 1.82) is 0 Å². The van der Waals surface area contributed by atoms with Crippen LogP contribution in [0.25, 0.3) is 0 Å². The monoisotopic (exact) mass is 157 g/mol. The molecule has 0 spiro atoms. The second-order valence-corrected chi connectivity index (χ2v) is 3.33. The molecular weight excluding hydrogens is 144 g/mol. The number of carbonyl (C=O) groups is 1. The Kier molecular flexibility index (Phi) is 2.49. The van der Waals surface area contributed by atoms with Gasteiger partial charge in [-0.25, -0.2) is 0 Å². The molecule has 3 nitrogen and oxygen atoms in total. The fraction of sp³-hybridized carbons (Fsp3) is 0.875. The molecule has 0 atom stereocenters. The maximum Gasteiger partial charge on any atom is 0.0699 e. The molecule has 0 aromatic heterocycles. The highest BCUT2D eigenvalue weighted by atomic mass is 16.4. The molecule has 0 aromatic carbocycles. The largest absolute Gasteiger partial charge is 0.550 e. The lowest BCUT2D eigenvalue weighted by molar-refractivity contribution is -0.309. The molecule has 1 fully saturated rings. The van der Waals surface area contributed by atoms with Crippen LogP contribution in [0.2, 0.25) is 0 Å². The molecule has 1 rings (SSSR count). The Hall–Kier alpha value is -0.570. The van der Waals surface area contributed by atoms with Gasteiger partial charge in [0, 0.05) is 12.4 Å². The van der Waals surface area contributed by atoms with Gasteiger partial charge in [0.15, 0.2) is 0 Å². The Balaban J connectivity index is 2.43. The summed E-state index contributed by atoms with van der Waals surface area (Å²) in [5, 5.41) is 19.8. The molecule has 0 aromatic rings. The van der Waals surface area contributed by atoms with E-state index in [9.17, 15) is 15.0 Å². The van der Waals surface area contributed by atoms with Crippen molar-refractivity contribution in [2.45, 2.75) is 44.1 Å². The highest BCUT2D eigenvalue weighted by Gasteiger charge is 2.28. The molecule has 1 aliphatic carbocycles. The molecular formula is C8H13O3-. The van der Waals surface area contributed by atoms with Crippen molar-refractivity contribution in [1.82, 2.24) is 0 Å². The van der Waals surface area contributed by atoms with Gasteiger partial charge in [-0.2, -0.15) is 0 Å². The second-order valence-electron chi connectivity index (χ2n) is 3.33. The predicted octanol–water partition coefficient (Wildman–Crippen LogP) is -0.178. The fourth-order valence-electron chi connectivity index (χ4n) is 1.66. The van der Waals surface area contributed by atoms with Gasteiger partial charge in [-0.1, -0.05) is 19.3 Å². The third-order valence-electron chi connectivity index (χ3n) is 2.26. The molecule has 64 valence electrons. The summed E-state index contributed by atoms with van der Waals surface area (Å²) in [6.07, 6.45) is 4.00. The smallest absolute Gasteiger partial charge is 0.0699 e. The van der Waals surface area contributed by atoms with E-state index in [1.54, 1.807) is 0 Å². The average Bonchev–Trinajstić information content (AvgIpc) is 1.85. The van der Waals surface area contributed by atoms with Crippen LogP contribution in [0.15, 0.2) is 0 Å². The summed E-state index contributed by atoms with van der Waals surface area (Å²) in [5.41, 5.74) is -0.961. The van der Waals surface area contributed by atoms with Gasteiger partial charge in [0.2, 0.25) is 0 Å². The molecule has 0 amide bonds. The van der Waals surface area contributed by atoms with Crippen molar-refractivity contribution in [2.75, 3.05) is 0 Å². The number of carboxylic acids is 1. The van der Waals surface area contributed by atoms with E-state index in [2.05, 4.69) is 0 Å². The van der Waals surface area contributed by atoms with Crippen LogP contribution in [0.5, 0.6) is 0 Å². The molecule has 0 heterocycles. The Labute approximate surface area is 66.0 Å². The standard InChI is InChI=1S/C8H14O3/c9-7(10)6-8(11)4-2-1-3-5-8/h11H,1-6H2,(H,9,10)/p-1. The first kappa shape index (κ1) is 8.53. The van der Waals surface area contributed by atoms with Crippen molar-refractivity contribution >= 4 is 5.97 Å². The minimum Gasteiger partial charge on any atom is -0.550 e. The van der Waals surface area contributed by atoms with Crippen LogP contribution in [0, 0.1) is 0 Å². The van der Waals surface area contributed by atoms with Crippen LogP contribution in [-0.4, -0.2) is 16.7 Å². The maximum absolute atomic E-state index is 10.2. The van der Waals surface area contributed by atoms with Gasteiger partial charge in [0.05, 0.1) is 5.60 Å². The zero-order valence-electron chi connectivity index (χ0n) is 6.51. The lowest BCUT2D eigenvalue weighted by atomic mass is 9.83. The van der Waals surface area contributed by atoms with Crippen LogP contribution >= 0.6 is 0 Å². The molecule has 0 saturated heterocycles. The molecule has 0 radical (unpaired) electrons. The minimum absolute atomic E-state index is 0.201. The summed E-state index contributed by atoms with van der Waals surface area (Å²) in [6.45, 7) is 0. The van der Waals surface area contributed by atoms with Crippen molar-refractivity contribution in [2.24, 2.45) is 0 Å². The minimum atomic E-state index is -1.14. The molecule has 1 saturated carbocycles. The highest BCUT2D eigenvalue weighted by molar-refractivity contribution is 5.65. The number of hydrogen-bond donors (Lipinski definition) is 1. The Morgan fingerprint density at radius 2 is 1.91 bits per heavy atom. The van der Waals surface area contributed by atoms with E-state index < -0.39 is 11.6 Å². The molecule has 1 aliphatic rings. The van der Waals surface area contributed by atoms with Crippen LogP contribution in [-0.2, 0) is 4.79 Å². The van der Waals surface area contributed by atoms with Crippen LogP contribution < -0.4 is 5.11 Å². The Morgan fingerprint density at radius 1 is 1.36 bits per heavy atom. The number of carboxylic acid groups (broad SMARTS) is 1. The lowest BCUT2D eigenvalue weighted by Crippen LogP contribution is -2.38. The van der Waals surface area contributed by atoms with Gasteiger partial charge < -0.3 is 15.0 Å². The third-order valence-corrected chi connectivity index (χ3v) is 2.26. The first-order chi connectivity index (χ1) is 5.12. The molecule has 1 N–H and O–H groups in total. The topological polar surface area (TPSA) is 60.4 Å². The quantitative estimate of drug-likeness (QED) is 0.605. The van der Waals surface area contributed by atoms with Crippen LogP contribution in [0.4, 0.5) is 0 Å². The van der Waals surface area contributed by atoms with Crippen molar-refractivity contribution < 1.29 is 15.0 Å². The Bertz CT molecular complexity index is 147. The summed E-state index contributed by atoms with van der Waals surface area (Å²) in [6, 6.07) is 0. The molecule has 11 heavy (non-hydrogen) atoms. The third kappa shape index (κ3) is 2.50. The van der Waals surface area contributed by atoms with Crippen LogP contribution in [0.3, 0.4) is 0 Å². The fourth-order valence-corrected chi connectivity index (χ4v) is 1.66.